The number of likely N-dealkylation sites (tertiary alicyclic amines) is 1. The fraction of sp³-hybridized carbons (Fsp3) is 0.750. The van der Waals surface area contributed by atoms with Crippen LogP contribution in [0.2, 0.25) is 0 Å². The van der Waals surface area contributed by atoms with Gasteiger partial charge in [0.05, 0.1) is 16.9 Å². The van der Waals surface area contributed by atoms with E-state index in [1.54, 1.807) is 6.20 Å². The summed E-state index contributed by atoms with van der Waals surface area (Å²) in [6, 6.07) is 0. The predicted molar refractivity (Wildman–Crippen MR) is 104 cm³/mol. The third-order valence-electron chi connectivity index (χ3n) is 6.35. The van der Waals surface area contributed by atoms with Crippen LogP contribution in [-0.4, -0.2) is 84.2 Å². The van der Waals surface area contributed by atoms with Crippen LogP contribution in [0.15, 0.2) is 6.20 Å². The summed E-state index contributed by atoms with van der Waals surface area (Å²) in [6.45, 7) is 8.24. The zero-order chi connectivity index (χ0) is 18.9. The molecular formula is C20H31N5O2. The normalized spacial score (nSPS) is 27.2. The lowest BCUT2D eigenvalue weighted by Gasteiger charge is -2.32. The number of amides is 1. The highest BCUT2D eigenvalue weighted by atomic mass is 16.5. The Bertz CT molecular complexity index is 681. The molecule has 148 valence electrons. The summed E-state index contributed by atoms with van der Waals surface area (Å²) >= 11 is 0. The third kappa shape index (κ3) is 3.94. The molecule has 1 amide bonds. The SMILES string of the molecule is Cc1nc(N2CCN(C)CC2)ncc1C(=O)N1CCC[C@]2(CCCO2)CC1. The maximum Gasteiger partial charge on any atom is 0.257 e. The molecule has 0 unspecified atom stereocenters. The second-order valence-electron chi connectivity index (χ2n) is 8.24. The van der Waals surface area contributed by atoms with Gasteiger partial charge in [-0.25, -0.2) is 9.97 Å². The number of hydrogen-bond acceptors (Lipinski definition) is 6. The molecule has 1 atom stereocenters. The number of anilines is 1. The standard InChI is InChI=1S/C20H31N5O2/c1-16-17(15-21-19(22-16)25-12-10-23(2)11-13-25)18(26)24-8-3-5-20(7-9-24)6-4-14-27-20/h15H,3-14H2,1-2H3/t20-/m0/s1. The van der Waals surface area contributed by atoms with Crippen molar-refractivity contribution in [1.29, 1.82) is 0 Å². The minimum Gasteiger partial charge on any atom is -0.375 e. The molecule has 4 rings (SSSR count). The number of aromatic nitrogens is 2. The maximum absolute atomic E-state index is 13.1. The zero-order valence-corrected chi connectivity index (χ0v) is 16.6. The number of rotatable bonds is 2. The first-order valence-corrected chi connectivity index (χ1v) is 10.3. The minimum absolute atomic E-state index is 0.0197. The monoisotopic (exact) mass is 373 g/mol. The van der Waals surface area contributed by atoms with E-state index < -0.39 is 0 Å². The van der Waals surface area contributed by atoms with Crippen LogP contribution in [0.1, 0.15) is 48.2 Å². The van der Waals surface area contributed by atoms with Gasteiger partial charge in [-0.1, -0.05) is 0 Å². The molecule has 7 heteroatoms. The van der Waals surface area contributed by atoms with E-state index in [2.05, 4.69) is 26.8 Å². The summed E-state index contributed by atoms with van der Waals surface area (Å²) in [5.74, 6) is 0.804. The first-order chi connectivity index (χ1) is 13.1. The predicted octanol–water partition coefficient (Wildman–Crippen LogP) is 1.71. The molecule has 3 aliphatic rings. The number of hydrogen-bond donors (Lipinski definition) is 0. The quantitative estimate of drug-likeness (QED) is 0.787. The van der Waals surface area contributed by atoms with Crippen molar-refractivity contribution < 1.29 is 9.53 Å². The van der Waals surface area contributed by atoms with Crippen molar-refractivity contribution in [3.05, 3.63) is 17.5 Å². The Morgan fingerprint density at radius 3 is 2.56 bits per heavy atom. The van der Waals surface area contributed by atoms with E-state index in [4.69, 9.17) is 4.74 Å². The highest BCUT2D eigenvalue weighted by Gasteiger charge is 2.37. The molecule has 3 fully saturated rings. The van der Waals surface area contributed by atoms with Gasteiger partial charge in [0, 0.05) is 52.1 Å². The molecule has 0 aromatic carbocycles. The number of likely N-dealkylation sites (N-methyl/N-ethyl adjacent to an activating group) is 1. The van der Waals surface area contributed by atoms with Crippen LogP contribution in [0.4, 0.5) is 5.95 Å². The number of ether oxygens (including phenoxy) is 1. The van der Waals surface area contributed by atoms with Gasteiger partial charge in [-0.05, 0) is 46.1 Å². The Morgan fingerprint density at radius 1 is 1.07 bits per heavy atom. The van der Waals surface area contributed by atoms with Crippen LogP contribution in [0.5, 0.6) is 0 Å². The first-order valence-electron chi connectivity index (χ1n) is 10.3. The van der Waals surface area contributed by atoms with Crippen molar-refractivity contribution in [2.24, 2.45) is 0 Å². The third-order valence-corrected chi connectivity index (χ3v) is 6.35. The van der Waals surface area contributed by atoms with E-state index in [9.17, 15) is 4.79 Å². The molecule has 1 spiro atoms. The van der Waals surface area contributed by atoms with Gasteiger partial charge in [0.1, 0.15) is 0 Å². The van der Waals surface area contributed by atoms with E-state index >= 15 is 0 Å². The number of piperazine rings is 1. The Kier molecular flexibility index (Phi) is 5.32. The van der Waals surface area contributed by atoms with Crippen LogP contribution in [-0.2, 0) is 4.74 Å². The van der Waals surface area contributed by atoms with Gasteiger partial charge >= 0.3 is 0 Å². The smallest absolute Gasteiger partial charge is 0.257 e. The lowest BCUT2D eigenvalue weighted by Crippen LogP contribution is -2.45. The minimum atomic E-state index is 0.0197. The summed E-state index contributed by atoms with van der Waals surface area (Å²) in [4.78, 5) is 28.8. The number of nitrogens with zero attached hydrogens (tertiary/aromatic N) is 5. The van der Waals surface area contributed by atoms with Gasteiger partial charge in [-0.2, -0.15) is 0 Å². The summed E-state index contributed by atoms with van der Waals surface area (Å²) in [5.41, 5.74) is 1.43. The zero-order valence-electron chi connectivity index (χ0n) is 16.6. The van der Waals surface area contributed by atoms with E-state index in [0.29, 0.717) is 5.56 Å². The van der Waals surface area contributed by atoms with Gasteiger partial charge < -0.3 is 19.4 Å². The highest BCUT2D eigenvalue weighted by molar-refractivity contribution is 5.95. The Labute approximate surface area is 161 Å². The lowest BCUT2D eigenvalue weighted by atomic mass is 9.92. The van der Waals surface area contributed by atoms with Crippen molar-refractivity contribution in [3.8, 4) is 0 Å². The molecule has 1 aromatic heterocycles. The summed E-state index contributed by atoms with van der Waals surface area (Å²) < 4.78 is 6.04. The Hall–Kier alpha value is -1.73. The Balaban J connectivity index is 1.44. The molecule has 7 nitrogen and oxygen atoms in total. The van der Waals surface area contributed by atoms with Gasteiger partial charge in [0.15, 0.2) is 0 Å². The van der Waals surface area contributed by atoms with Crippen LogP contribution in [0.25, 0.3) is 0 Å². The largest absolute Gasteiger partial charge is 0.375 e. The topological polar surface area (TPSA) is 61.8 Å². The van der Waals surface area contributed by atoms with Crippen LogP contribution >= 0.6 is 0 Å². The van der Waals surface area contributed by atoms with Crippen molar-refractivity contribution in [2.75, 3.05) is 57.8 Å². The molecule has 0 saturated carbocycles. The molecule has 0 N–H and O–H groups in total. The molecule has 0 aliphatic carbocycles. The van der Waals surface area contributed by atoms with Crippen molar-refractivity contribution in [2.45, 2.75) is 44.6 Å². The first kappa shape index (κ1) is 18.6. The molecule has 0 bridgehead atoms. The molecule has 27 heavy (non-hydrogen) atoms. The van der Waals surface area contributed by atoms with Crippen molar-refractivity contribution in [1.82, 2.24) is 19.8 Å². The van der Waals surface area contributed by atoms with Gasteiger partial charge in [-0.3, -0.25) is 4.79 Å². The lowest BCUT2D eigenvalue weighted by molar-refractivity contribution is -0.00692. The summed E-state index contributed by atoms with van der Waals surface area (Å²) in [5, 5.41) is 0. The average molecular weight is 374 g/mol. The fourth-order valence-electron chi connectivity index (χ4n) is 4.51. The second kappa shape index (κ2) is 7.72. The van der Waals surface area contributed by atoms with Crippen LogP contribution < -0.4 is 4.90 Å². The molecule has 3 aliphatic heterocycles. The summed E-state index contributed by atoms with van der Waals surface area (Å²) in [6.07, 6.45) is 7.02. The molecular weight excluding hydrogens is 342 g/mol. The number of aryl methyl sites for hydroxylation is 1. The van der Waals surface area contributed by atoms with E-state index in [1.165, 1.54) is 0 Å². The highest BCUT2D eigenvalue weighted by Crippen LogP contribution is 2.35. The molecule has 1 aromatic rings. The van der Waals surface area contributed by atoms with Crippen LogP contribution in [0, 0.1) is 6.92 Å². The Morgan fingerprint density at radius 2 is 1.85 bits per heavy atom. The van der Waals surface area contributed by atoms with Crippen molar-refractivity contribution >= 4 is 11.9 Å². The van der Waals surface area contributed by atoms with E-state index in [1.807, 2.05) is 11.8 Å². The molecule has 4 heterocycles. The van der Waals surface area contributed by atoms with Crippen LogP contribution in [0.3, 0.4) is 0 Å². The fourth-order valence-corrected chi connectivity index (χ4v) is 4.51. The average Bonchev–Trinajstić information content (AvgIpc) is 3.02. The van der Waals surface area contributed by atoms with Gasteiger partial charge in [-0.15, -0.1) is 0 Å². The number of carbonyl (C=O) groups is 1. The second-order valence-corrected chi connectivity index (χ2v) is 8.24. The van der Waals surface area contributed by atoms with E-state index in [-0.39, 0.29) is 11.5 Å². The van der Waals surface area contributed by atoms with Crippen molar-refractivity contribution in [3.63, 3.8) is 0 Å². The molecule has 0 radical (unpaired) electrons. The number of carbonyl (C=O) groups excluding carboxylic acids is 1. The summed E-state index contributed by atoms with van der Waals surface area (Å²) in [7, 11) is 2.13. The van der Waals surface area contributed by atoms with Gasteiger partial charge in [0.2, 0.25) is 5.95 Å². The van der Waals surface area contributed by atoms with Gasteiger partial charge in [0.25, 0.3) is 5.91 Å². The molecule has 3 saturated heterocycles. The maximum atomic E-state index is 13.1. The van der Waals surface area contributed by atoms with E-state index in [0.717, 1.165) is 89.6 Å².